The molecule has 0 fully saturated rings. The molecule has 4 nitrogen and oxygen atoms in total. The van der Waals surface area contributed by atoms with Gasteiger partial charge in [-0.15, -0.1) is 0 Å². The maximum absolute atomic E-state index is 13.0. The molecule has 2 aromatic rings. The summed E-state index contributed by atoms with van der Waals surface area (Å²) in [6.45, 7) is 1.75. The maximum Gasteiger partial charge on any atom is 0.340 e. The van der Waals surface area contributed by atoms with Crippen LogP contribution in [0.2, 0.25) is 0 Å². The molecule has 0 atom stereocenters. The number of anilines is 1. The van der Waals surface area contributed by atoms with Gasteiger partial charge < -0.3 is 4.74 Å². The fourth-order valence-electron chi connectivity index (χ4n) is 2.83. The number of rotatable bonds is 3. The van der Waals surface area contributed by atoms with E-state index in [1.165, 1.54) is 12.0 Å². The van der Waals surface area contributed by atoms with Crippen molar-refractivity contribution in [3.8, 4) is 0 Å². The molecule has 0 unspecified atom stereocenters. The number of nitrogens with zero attached hydrogens (tertiary/aromatic N) is 1. The van der Waals surface area contributed by atoms with Gasteiger partial charge in [0, 0.05) is 15.9 Å². The Morgan fingerprint density at radius 2 is 1.84 bits per heavy atom. The molecule has 1 heterocycles. The largest absolute Gasteiger partial charge is 0.465 e. The molecule has 0 saturated heterocycles. The van der Waals surface area contributed by atoms with Crippen LogP contribution >= 0.6 is 15.9 Å². The van der Waals surface area contributed by atoms with E-state index in [0.29, 0.717) is 17.0 Å². The molecule has 5 heteroatoms. The van der Waals surface area contributed by atoms with Crippen LogP contribution in [0.5, 0.6) is 0 Å². The third-order valence-electron chi connectivity index (χ3n) is 3.96. The highest BCUT2D eigenvalue weighted by molar-refractivity contribution is 9.10. The molecular formula is C20H16BrNO3. The topological polar surface area (TPSA) is 46.6 Å². The smallest absolute Gasteiger partial charge is 0.340 e. The SMILES string of the molecule is COC(=O)C1=C(C)N(c2ccccc2)C(=O)/C1=C\c1cccc(Br)c1. The van der Waals surface area contributed by atoms with E-state index in [0.717, 1.165) is 10.0 Å². The van der Waals surface area contributed by atoms with Gasteiger partial charge in [0.1, 0.15) is 0 Å². The van der Waals surface area contributed by atoms with Crippen LogP contribution in [0.4, 0.5) is 5.69 Å². The number of amides is 1. The fourth-order valence-corrected chi connectivity index (χ4v) is 3.25. The van der Waals surface area contributed by atoms with E-state index in [1.54, 1.807) is 13.0 Å². The third kappa shape index (κ3) is 3.28. The van der Waals surface area contributed by atoms with Crippen LogP contribution in [0.25, 0.3) is 6.08 Å². The standard InChI is InChI=1S/C20H16BrNO3/c1-13-18(20(24)25-2)17(12-14-7-6-8-15(21)11-14)19(23)22(13)16-9-4-3-5-10-16/h3-12H,1-2H3/b17-12-. The van der Waals surface area contributed by atoms with Gasteiger partial charge in [-0.05, 0) is 42.8 Å². The van der Waals surface area contributed by atoms with Crippen molar-refractivity contribution < 1.29 is 14.3 Å². The molecule has 0 aromatic heterocycles. The highest BCUT2D eigenvalue weighted by Gasteiger charge is 2.37. The van der Waals surface area contributed by atoms with E-state index in [2.05, 4.69) is 15.9 Å². The zero-order chi connectivity index (χ0) is 18.0. The Balaban J connectivity index is 2.14. The van der Waals surface area contributed by atoms with E-state index in [9.17, 15) is 9.59 Å². The second-order valence-electron chi connectivity index (χ2n) is 5.54. The Hall–Kier alpha value is -2.66. The predicted octanol–water partition coefficient (Wildman–Crippen LogP) is 4.33. The molecule has 0 spiro atoms. The molecule has 126 valence electrons. The summed E-state index contributed by atoms with van der Waals surface area (Å²) in [5.74, 6) is -0.769. The Morgan fingerprint density at radius 3 is 2.48 bits per heavy atom. The van der Waals surface area contributed by atoms with Crippen molar-refractivity contribution in [2.24, 2.45) is 0 Å². The summed E-state index contributed by atoms with van der Waals surface area (Å²) < 4.78 is 5.80. The van der Waals surface area contributed by atoms with Crippen molar-refractivity contribution in [1.29, 1.82) is 0 Å². The van der Waals surface area contributed by atoms with Crippen LogP contribution in [0.1, 0.15) is 12.5 Å². The Bertz CT molecular complexity index is 900. The lowest BCUT2D eigenvalue weighted by atomic mass is 10.0. The molecule has 0 saturated carbocycles. The highest BCUT2D eigenvalue weighted by Crippen LogP contribution is 2.35. The zero-order valence-corrected chi connectivity index (χ0v) is 15.4. The van der Waals surface area contributed by atoms with E-state index >= 15 is 0 Å². The zero-order valence-electron chi connectivity index (χ0n) is 13.8. The van der Waals surface area contributed by atoms with Crippen molar-refractivity contribution >= 4 is 39.6 Å². The van der Waals surface area contributed by atoms with Gasteiger partial charge in [0.25, 0.3) is 5.91 Å². The average molecular weight is 398 g/mol. The number of halogens is 1. The lowest BCUT2D eigenvalue weighted by molar-refractivity contribution is -0.136. The highest BCUT2D eigenvalue weighted by atomic mass is 79.9. The van der Waals surface area contributed by atoms with Crippen LogP contribution < -0.4 is 4.90 Å². The summed E-state index contributed by atoms with van der Waals surface area (Å²) >= 11 is 3.42. The van der Waals surface area contributed by atoms with Crippen LogP contribution in [-0.4, -0.2) is 19.0 Å². The van der Waals surface area contributed by atoms with Crippen molar-refractivity contribution in [3.63, 3.8) is 0 Å². The number of carbonyl (C=O) groups excluding carboxylic acids is 2. The minimum atomic E-state index is -0.523. The van der Waals surface area contributed by atoms with Crippen LogP contribution in [-0.2, 0) is 14.3 Å². The van der Waals surface area contributed by atoms with Gasteiger partial charge in [0.05, 0.1) is 18.3 Å². The minimum absolute atomic E-state index is 0.246. The number of ether oxygens (including phenoxy) is 1. The third-order valence-corrected chi connectivity index (χ3v) is 4.46. The summed E-state index contributed by atoms with van der Waals surface area (Å²) in [6.07, 6.45) is 1.71. The summed E-state index contributed by atoms with van der Waals surface area (Å²) in [4.78, 5) is 26.9. The number of hydrogen-bond acceptors (Lipinski definition) is 3. The average Bonchev–Trinajstić information content (AvgIpc) is 2.85. The molecule has 1 aliphatic heterocycles. The number of para-hydroxylation sites is 1. The number of methoxy groups -OCH3 is 1. The molecule has 25 heavy (non-hydrogen) atoms. The normalized spacial score (nSPS) is 15.9. The first kappa shape index (κ1) is 17.2. The molecule has 0 N–H and O–H groups in total. The van der Waals surface area contributed by atoms with Crippen LogP contribution in [0.15, 0.2) is 75.9 Å². The molecule has 2 aromatic carbocycles. The first-order valence-electron chi connectivity index (χ1n) is 7.69. The molecule has 3 rings (SSSR count). The second-order valence-corrected chi connectivity index (χ2v) is 6.46. The molecule has 1 aliphatic rings. The number of benzene rings is 2. The lowest BCUT2D eigenvalue weighted by Crippen LogP contribution is -2.24. The second kappa shape index (κ2) is 7.07. The quantitative estimate of drug-likeness (QED) is 0.571. The van der Waals surface area contributed by atoms with Crippen molar-refractivity contribution in [2.75, 3.05) is 12.0 Å². The van der Waals surface area contributed by atoms with Crippen molar-refractivity contribution in [3.05, 3.63) is 81.5 Å². The summed E-state index contributed by atoms with van der Waals surface area (Å²) in [5, 5.41) is 0. The van der Waals surface area contributed by atoms with E-state index in [-0.39, 0.29) is 11.5 Å². The first-order chi connectivity index (χ1) is 12.0. The van der Waals surface area contributed by atoms with E-state index < -0.39 is 5.97 Å². The number of esters is 1. The van der Waals surface area contributed by atoms with Crippen molar-refractivity contribution in [1.82, 2.24) is 0 Å². The van der Waals surface area contributed by atoms with Gasteiger partial charge in [-0.2, -0.15) is 0 Å². The fraction of sp³-hybridized carbons (Fsp3) is 0.100. The summed E-state index contributed by atoms with van der Waals surface area (Å²) in [5.41, 5.74) is 2.71. The van der Waals surface area contributed by atoms with Gasteiger partial charge in [-0.1, -0.05) is 46.3 Å². The Morgan fingerprint density at radius 1 is 1.12 bits per heavy atom. The molecule has 0 bridgehead atoms. The molecule has 0 radical (unpaired) electrons. The lowest BCUT2D eigenvalue weighted by Gasteiger charge is -2.17. The summed E-state index contributed by atoms with van der Waals surface area (Å²) in [6, 6.07) is 16.8. The van der Waals surface area contributed by atoms with E-state index in [4.69, 9.17) is 4.74 Å². The van der Waals surface area contributed by atoms with Gasteiger partial charge in [0.2, 0.25) is 0 Å². The Labute approximate surface area is 154 Å². The van der Waals surface area contributed by atoms with Gasteiger partial charge in [-0.3, -0.25) is 9.69 Å². The first-order valence-corrected chi connectivity index (χ1v) is 8.48. The maximum atomic E-state index is 13.0. The number of allylic oxidation sites excluding steroid dienone is 1. The predicted molar refractivity (Wildman–Crippen MR) is 101 cm³/mol. The molecule has 1 amide bonds. The van der Waals surface area contributed by atoms with Crippen LogP contribution in [0, 0.1) is 0 Å². The number of carbonyl (C=O) groups is 2. The minimum Gasteiger partial charge on any atom is -0.465 e. The summed E-state index contributed by atoms with van der Waals surface area (Å²) in [7, 11) is 1.31. The monoisotopic (exact) mass is 397 g/mol. The number of hydrogen-bond donors (Lipinski definition) is 0. The molecule has 0 aliphatic carbocycles. The van der Waals surface area contributed by atoms with Crippen molar-refractivity contribution in [2.45, 2.75) is 6.92 Å². The van der Waals surface area contributed by atoms with Gasteiger partial charge in [0.15, 0.2) is 0 Å². The molecular weight excluding hydrogens is 382 g/mol. The Kier molecular flexibility index (Phi) is 4.86. The van der Waals surface area contributed by atoms with Gasteiger partial charge in [-0.25, -0.2) is 4.79 Å². The van der Waals surface area contributed by atoms with Gasteiger partial charge >= 0.3 is 5.97 Å². The van der Waals surface area contributed by atoms with Crippen LogP contribution in [0.3, 0.4) is 0 Å². The van der Waals surface area contributed by atoms with E-state index in [1.807, 2.05) is 54.6 Å².